The summed E-state index contributed by atoms with van der Waals surface area (Å²) < 4.78 is 0. The number of phenolic OH excluding ortho intramolecular Hbond substituents is 1. The minimum atomic E-state index is -0.223. The number of aryl methyl sites for hydroxylation is 1. The van der Waals surface area contributed by atoms with Crippen molar-refractivity contribution in [3.05, 3.63) is 51.5 Å². The zero-order valence-electron chi connectivity index (χ0n) is 10.5. The lowest BCUT2D eigenvalue weighted by Gasteiger charge is -2.11. The Morgan fingerprint density at radius 2 is 1.68 bits per heavy atom. The minimum absolute atomic E-state index is 0.120. The summed E-state index contributed by atoms with van der Waals surface area (Å²) in [4.78, 5) is 11.5. The average molecular weight is 295 g/mol. The number of ketones is 1. The van der Waals surface area contributed by atoms with Crippen LogP contribution >= 0.6 is 23.2 Å². The number of hydrogen-bond acceptors (Lipinski definition) is 2. The van der Waals surface area contributed by atoms with Crippen molar-refractivity contribution in [2.45, 2.75) is 13.8 Å². The number of Topliss-reactive ketones (excluding diaryl/α,β-unsaturated/α-hetero) is 1. The molecular formula is C15H12Cl2O2. The highest BCUT2D eigenvalue weighted by Gasteiger charge is 2.14. The summed E-state index contributed by atoms with van der Waals surface area (Å²) in [6.07, 6.45) is 0. The maximum atomic E-state index is 11.5. The van der Waals surface area contributed by atoms with Crippen LogP contribution in [0, 0.1) is 6.92 Å². The van der Waals surface area contributed by atoms with Crippen LogP contribution in [0.5, 0.6) is 5.75 Å². The van der Waals surface area contributed by atoms with Gasteiger partial charge in [-0.1, -0.05) is 34.8 Å². The first-order valence-electron chi connectivity index (χ1n) is 5.70. The van der Waals surface area contributed by atoms with Crippen molar-refractivity contribution < 1.29 is 9.90 Å². The van der Waals surface area contributed by atoms with Crippen molar-refractivity contribution in [3.8, 4) is 16.9 Å². The van der Waals surface area contributed by atoms with Gasteiger partial charge in [-0.3, -0.25) is 4.79 Å². The Labute approximate surface area is 121 Å². The highest BCUT2D eigenvalue weighted by Crippen LogP contribution is 2.37. The van der Waals surface area contributed by atoms with E-state index < -0.39 is 0 Å². The monoisotopic (exact) mass is 294 g/mol. The number of phenols is 1. The molecule has 2 rings (SSSR count). The number of carbonyl (C=O) groups is 1. The lowest BCUT2D eigenvalue weighted by molar-refractivity contribution is 0.101. The molecule has 0 bridgehead atoms. The Morgan fingerprint density at radius 1 is 1.05 bits per heavy atom. The largest absolute Gasteiger partial charge is 0.507 e. The van der Waals surface area contributed by atoms with Crippen LogP contribution in [0.15, 0.2) is 30.3 Å². The van der Waals surface area contributed by atoms with Crippen molar-refractivity contribution in [2.24, 2.45) is 0 Å². The molecule has 1 N–H and O–H groups in total. The first-order valence-corrected chi connectivity index (χ1v) is 6.45. The van der Waals surface area contributed by atoms with E-state index >= 15 is 0 Å². The van der Waals surface area contributed by atoms with Gasteiger partial charge in [0.25, 0.3) is 0 Å². The summed E-state index contributed by atoms with van der Waals surface area (Å²) in [5.41, 5.74) is 2.65. The van der Waals surface area contributed by atoms with Gasteiger partial charge in [-0.15, -0.1) is 0 Å². The van der Waals surface area contributed by atoms with E-state index in [0.717, 1.165) is 11.1 Å². The minimum Gasteiger partial charge on any atom is -0.507 e. The van der Waals surface area contributed by atoms with E-state index in [-0.39, 0.29) is 17.1 Å². The molecule has 0 aromatic heterocycles. The van der Waals surface area contributed by atoms with E-state index in [1.54, 1.807) is 12.1 Å². The predicted octanol–water partition coefficient (Wildman–Crippen LogP) is 4.88. The highest BCUT2D eigenvalue weighted by molar-refractivity contribution is 6.36. The number of rotatable bonds is 2. The molecule has 0 spiro atoms. The number of benzene rings is 2. The zero-order valence-corrected chi connectivity index (χ0v) is 12.0. The Bertz CT molecular complexity index is 663. The van der Waals surface area contributed by atoms with Gasteiger partial charge in [0.1, 0.15) is 5.75 Å². The molecule has 4 heteroatoms. The lowest BCUT2D eigenvalue weighted by atomic mass is 9.99. The molecule has 2 aromatic rings. The average Bonchev–Trinajstić information content (AvgIpc) is 2.32. The molecule has 0 fully saturated rings. The second kappa shape index (κ2) is 5.24. The maximum absolute atomic E-state index is 11.5. The Balaban J connectivity index is 2.71. The molecule has 0 heterocycles. The van der Waals surface area contributed by atoms with E-state index in [9.17, 15) is 9.90 Å². The molecule has 0 atom stereocenters. The van der Waals surface area contributed by atoms with Crippen molar-refractivity contribution in [2.75, 3.05) is 0 Å². The van der Waals surface area contributed by atoms with Gasteiger partial charge < -0.3 is 5.11 Å². The van der Waals surface area contributed by atoms with Gasteiger partial charge in [0.05, 0.1) is 10.6 Å². The predicted molar refractivity (Wildman–Crippen MR) is 78.3 cm³/mol. The first kappa shape index (κ1) is 13.9. The quantitative estimate of drug-likeness (QED) is 0.802. The Hall–Kier alpha value is -1.51. The summed E-state index contributed by atoms with van der Waals surface area (Å²) >= 11 is 12.3. The molecule has 0 aliphatic rings. The van der Waals surface area contributed by atoms with Gasteiger partial charge >= 0.3 is 0 Å². The van der Waals surface area contributed by atoms with Crippen molar-refractivity contribution in [1.82, 2.24) is 0 Å². The molecule has 2 aromatic carbocycles. The summed E-state index contributed by atoms with van der Waals surface area (Å²) in [5, 5.41) is 10.6. The van der Waals surface area contributed by atoms with Crippen LogP contribution in [0.3, 0.4) is 0 Å². The lowest BCUT2D eigenvalue weighted by Crippen LogP contribution is -1.94. The fraction of sp³-hybridized carbons (Fsp3) is 0.133. The van der Waals surface area contributed by atoms with Crippen molar-refractivity contribution in [3.63, 3.8) is 0 Å². The molecule has 98 valence electrons. The van der Waals surface area contributed by atoms with Crippen LogP contribution in [0.1, 0.15) is 22.8 Å². The van der Waals surface area contributed by atoms with Crippen LogP contribution < -0.4 is 0 Å². The fourth-order valence-corrected chi connectivity index (χ4v) is 2.38. The molecule has 0 saturated carbocycles. The molecule has 19 heavy (non-hydrogen) atoms. The Kier molecular flexibility index (Phi) is 3.83. The number of hydrogen-bond donors (Lipinski definition) is 1. The van der Waals surface area contributed by atoms with Crippen LogP contribution in [0.25, 0.3) is 11.1 Å². The molecule has 0 saturated heterocycles. The number of halogens is 2. The van der Waals surface area contributed by atoms with Crippen molar-refractivity contribution in [1.29, 1.82) is 0 Å². The zero-order chi connectivity index (χ0) is 14.2. The summed E-state index contributed by atoms with van der Waals surface area (Å²) in [6.45, 7) is 3.34. The van der Waals surface area contributed by atoms with E-state index in [4.69, 9.17) is 23.2 Å². The van der Waals surface area contributed by atoms with E-state index in [2.05, 4.69) is 0 Å². The molecule has 0 aliphatic carbocycles. The second-order valence-corrected chi connectivity index (χ2v) is 5.20. The van der Waals surface area contributed by atoms with Crippen LogP contribution in [0.2, 0.25) is 10.0 Å². The highest BCUT2D eigenvalue weighted by atomic mass is 35.5. The van der Waals surface area contributed by atoms with E-state index in [0.29, 0.717) is 15.6 Å². The molecule has 2 nitrogen and oxygen atoms in total. The number of carbonyl (C=O) groups excluding carboxylic acids is 1. The summed E-state index contributed by atoms with van der Waals surface area (Å²) in [6, 6.07) is 8.51. The maximum Gasteiger partial charge on any atom is 0.163 e. The molecule has 0 amide bonds. The normalized spacial score (nSPS) is 10.5. The van der Waals surface area contributed by atoms with Gasteiger partial charge in [0.2, 0.25) is 0 Å². The van der Waals surface area contributed by atoms with Crippen LogP contribution in [-0.4, -0.2) is 10.9 Å². The molecule has 0 unspecified atom stereocenters. The molecule has 0 aliphatic heterocycles. The Morgan fingerprint density at radius 3 is 2.32 bits per heavy atom. The van der Waals surface area contributed by atoms with E-state index in [1.807, 2.05) is 19.1 Å². The van der Waals surface area contributed by atoms with E-state index in [1.165, 1.54) is 13.0 Å². The van der Waals surface area contributed by atoms with Gasteiger partial charge in [-0.25, -0.2) is 0 Å². The number of aromatic hydroxyl groups is 1. The summed E-state index contributed by atoms with van der Waals surface area (Å²) in [5.74, 6) is -0.343. The molecular weight excluding hydrogens is 283 g/mol. The SMILES string of the molecule is CC(=O)c1cc(-c2cc(C)ccc2Cl)c(Cl)cc1O. The van der Waals surface area contributed by atoms with Crippen LogP contribution in [0.4, 0.5) is 0 Å². The van der Waals surface area contributed by atoms with Gasteiger partial charge in [0.15, 0.2) is 5.78 Å². The van der Waals surface area contributed by atoms with Gasteiger partial charge in [-0.05, 0) is 38.1 Å². The first-order chi connectivity index (χ1) is 8.90. The fourth-order valence-electron chi connectivity index (χ4n) is 1.90. The van der Waals surface area contributed by atoms with Gasteiger partial charge in [-0.2, -0.15) is 0 Å². The molecule has 0 radical (unpaired) electrons. The second-order valence-electron chi connectivity index (χ2n) is 4.39. The topological polar surface area (TPSA) is 37.3 Å². The van der Waals surface area contributed by atoms with Crippen LogP contribution in [-0.2, 0) is 0 Å². The smallest absolute Gasteiger partial charge is 0.163 e. The van der Waals surface area contributed by atoms with Gasteiger partial charge in [0, 0.05) is 16.1 Å². The van der Waals surface area contributed by atoms with Crippen molar-refractivity contribution >= 4 is 29.0 Å². The summed E-state index contributed by atoms with van der Waals surface area (Å²) in [7, 11) is 0. The third-order valence-electron chi connectivity index (χ3n) is 2.88. The third kappa shape index (κ3) is 2.75. The third-order valence-corrected chi connectivity index (χ3v) is 3.52. The standard InChI is InChI=1S/C15H12Cl2O2/c1-8-3-4-13(16)11(5-8)12-6-10(9(2)18)15(19)7-14(12)17/h3-7,19H,1-2H3.